The van der Waals surface area contributed by atoms with Crippen LogP contribution in [0.25, 0.3) is 16.6 Å². The van der Waals surface area contributed by atoms with Crippen molar-refractivity contribution in [2.24, 2.45) is 10.2 Å². The topological polar surface area (TPSA) is 79.8 Å². The maximum atomic E-state index is 12.9. The maximum Gasteiger partial charge on any atom is 0.267 e. The second-order valence-electron chi connectivity index (χ2n) is 6.89. The van der Waals surface area contributed by atoms with E-state index in [1.165, 1.54) is 10.8 Å². The van der Waals surface area contributed by atoms with E-state index in [2.05, 4.69) is 15.2 Å². The lowest BCUT2D eigenvalue weighted by molar-refractivity contribution is 0.427. The molecule has 6 nitrogen and oxygen atoms in total. The molecule has 0 saturated carbocycles. The molecule has 1 aromatic carbocycles. The minimum absolute atomic E-state index is 0.150. The van der Waals surface area contributed by atoms with Crippen molar-refractivity contribution in [3.63, 3.8) is 0 Å². The number of halogens is 1. The average Bonchev–Trinajstić information content (AvgIpc) is 2.59. The smallest absolute Gasteiger partial charge is 0.267 e. The van der Waals surface area contributed by atoms with Gasteiger partial charge in [0.1, 0.15) is 5.82 Å². The summed E-state index contributed by atoms with van der Waals surface area (Å²) in [6, 6.07) is 10.3. The highest BCUT2D eigenvalue weighted by atomic mass is 35.5. The molecule has 134 valence electrons. The molecular weight excluding hydrogens is 352 g/mol. The summed E-state index contributed by atoms with van der Waals surface area (Å²) in [6.45, 7) is 5.96. The predicted octanol–water partition coefficient (Wildman–Crippen LogP) is 4.50. The van der Waals surface area contributed by atoms with Crippen LogP contribution in [-0.4, -0.2) is 20.2 Å². The lowest BCUT2D eigenvalue weighted by Crippen LogP contribution is -2.21. The van der Waals surface area contributed by atoms with Crippen LogP contribution in [0.5, 0.6) is 5.88 Å². The molecule has 26 heavy (non-hydrogen) atoms. The molecule has 0 saturated heterocycles. The van der Waals surface area contributed by atoms with E-state index < -0.39 is 0 Å². The molecule has 2 heterocycles. The van der Waals surface area contributed by atoms with Gasteiger partial charge in [-0.1, -0.05) is 29.8 Å². The summed E-state index contributed by atoms with van der Waals surface area (Å²) < 4.78 is 1.17. The fourth-order valence-corrected chi connectivity index (χ4v) is 2.70. The van der Waals surface area contributed by atoms with Gasteiger partial charge < -0.3 is 5.11 Å². The second kappa shape index (κ2) is 6.88. The van der Waals surface area contributed by atoms with Crippen molar-refractivity contribution in [3.05, 3.63) is 63.5 Å². The van der Waals surface area contributed by atoms with Gasteiger partial charge in [-0.3, -0.25) is 4.79 Å². The van der Waals surface area contributed by atoms with Crippen LogP contribution in [0.4, 0.5) is 0 Å². The normalized spacial score (nSPS) is 12.2. The highest BCUT2D eigenvalue weighted by Crippen LogP contribution is 2.28. The summed E-state index contributed by atoms with van der Waals surface area (Å²) in [5.74, 6) is 0.0908. The molecule has 0 spiro atoms. The number of aromatic hydroxyl groups is 1. The first-order chi connectivity index (χ1) is 12.3. The van der Waals surface area contributed by atoms with Crippen molar-refractivity contribution < 1.29 is 5.11 Å². The van der Waals surface area contributed by atoms with Crippen molar-refractivity contribution in [2.45, 2.75) is 32.9 Å². The second-order valence-corrected chi connectivity index (χ2v) is 7.33. The van der Waals surface area contributed by atoms with Crippen molar-refractivity contribution >= 4 is 22.4 Å². The number of aromatic nitrogens is 2. The van der Waals surface area contributed by atoms with Crippen LogP contribution in [0.3, 0.4) is 0 Å². The van der Waals surface area contributed by atoms with Gasteiger partial charge in [0, 0.05) is 17.1 Å². The number of benzene rings is 1. The summed E-state index contributed by atoms with van der Waals surface area (Å²) >= 11 is 5.88. The molecule has 0 radical (unpaired) electrons. The van der Waals surface area contributed by atoms with Crippen molar-refractivity contribution in [2.75, 3.05) is 0 Å². The van der Waals surface area contributed by atoms with Crippen LogP contribution in [0.1, 0.15) is 26.3 Å². The molecule has 0 aliphatic rings. The third-order valence-corrected chi connectivity index (χ3v) is 3.93. The Kier molecular flexibility index (Phi) is 4.78. The molecular formula is C19H19ClN4O2. The molecule has 0 amide bonds. The first kappa shape index (κ1) is 18.1. The first-order valence-electron chi connectivity index (χ1n) is 8.14. The van der Waals surface area contributed by atoms with Crippen LogP contribution >= 0.6 is 11.6 Å². The number of pyridine rings is 2. The molecule has 2 aromatic heterocycles. The van der Waals surface area contributed by atoms with Gasteiger partial charge in [0.2, 0.25) is 5.88 Å². The van der Waals surface area contributed by atoms with Gasteiger partial charge >= 0.3 is 0 Å². The molecule has 3 rings (SSSR count). The van der Waals surface area contributed by atoms with Crippen molar-refractivity contribution in [1.82, 2.24) is 9.55 Å². The Hall–Kier alpha value is -2.73. The number of rotatable bonds is 3. The number of hydrogen-bond acceptors (Lipinski definition) is 5. The first-order valence-corrected chi connectivity index (χ1v) is 8.52. The molecule has 0 fully saturated rings. The van der Waals surface area contributed by atoms with Crippen molar-refractivity contribution in [3.8, 4) is 11.7 Å². The van der Waals surface area contributed by atoms with E-state index >= 15 is 0 Å². The molecule has 1 N–H and O–H groups in total. The Labute approximate surface area is 155 Å². The van der Waals surface area contributed by atoms with Gasteiger partial charge in [0.05, 0.1) is 17.1 Å². The highest BCUT2D eigenvalue weighted by molar-refractivity contribution is 6.30. The average molecular weight is 371 g/mol. The van der Waals surface area contributed by atoms with Gasteiger partial charge in [-0.15, -0.1) is 0 Å². The molecule has 3 aromatic rings. The van der Waals surface area contributed by atoms with E-state index in [4.69, 9.17) is 11.6 Å². The quantitative estimate of drug-likeness (QED) is 0.689. The van der Waals surface area contributed by atoms with E-state index in [0.29, 0.717) is 21.4 Å². The fourth-order valence-electron chi connectivity index (χ4n) is 2.59. The standard InChI is InChI=1S/C19H19ClN4O2/c1-19(2,3)23-22-11-15-13-6-4-5-7-14(13)17(25)24(18(15)26)16-9-8-12(20)10-21-16/h4-10,26H,11H2,1-3H3. The zero-order valence-corrected chi connectivity index (χ0v) is 15.5. The van der Waals surface area contributed by atoms with Crippen molar-refractivity contribution in [1.29, 1.82) is 0 Å². The van der Waals surface area contributed by atoms with Crippen LogP contribution in [0, 0.1) is 0 Å². The number of hydrogen-bond donors (Lipinski definition) is 1. The molecule has 0 aliphatic heterocycles. The minimum Gasteiger partial charge on any atom is -0.494 e. The molecule has 0 bridgehead atoms. The van der Waals surface area contributed by atoms with Gasteiger partial charge in [-0.25, -0.2) is 9.55 Å². The third kappa shape index (κ3) is 3.60. The summed E-state index contributed by atoms with van der Waals surface area (Å²) in [4.78, 5) is 17.1. The zero-order valence-electron chi connectivity index (χ0n) is 14.8. The zero-order chi connectivity index (χ0) is 18.9. The molecule has 0 atom stereocenters. The largest absolute Gasteiger partial charge is 0.494 e. The van der Waals surface area contributed by atoms with E-state index in [1.54, 1.807) is 30.3 Å². The van der Waals surface area contributed by atoms with E-state index in [-0.39, 0.29) is 29.3 Å². The van der Waals surface area contributed by atoms with Crippen LogP contribution in [0.15, 0.2) is 57.6 Å². The fraction of sp³-hybridized carbons (Fsp3) is 0.263. The van der Waals surface area contributed by atoms with Crippen LogP contribution in [0.2, 0.25) is 5.02 Å². The minimum atomic E-state index is -0.357. The Morgan fingerprint density at radius 1 is 1.15 bits per heavy atom. The molecule has 0 unspecified atom stereocenters. The third-order valence-electron chi connectivity index (χ3n) is 3.71. The molecule has 0 aliphatic carbocycles. The Balaban J connectivity index is 2.24. The van der Waals surface area contributed by atoms with E-state index in [1.807, 2.05) is 26.8 Å². The summed E-state index contributed by atoms with van der Waals surface area (Å²) in [5, 5.41) is 20.8. The Morgan fingerprint density at radius 2 is 1.85 bits per heavy atom. The molecule has 7 heteroatoms. The number of azo groups is 1. The van der Waals surface area contributed by atoms with E-state index in [0.717, 1.165) is 0 Å². The van der Waals surface area contributed by atoms with Gasteiger partial charge in [-0.05, 0) is 44.4 Å². The predicted molar refractivity (Wildman–Crippen MR) is 102 cm³/mol. The Morgan fingerprint density at radius 3 is 2.46 bits per heavy atom. The van der Waals surface area contributed by atoms with Crippen LogP contribution in [-0.2, 0) is 6.54 Å². The number of nitrogens with zero attached hydrogens (tertiary/aromatic N) is 4. The lowest BCUT2D eigenvalue weighted by Gasteiger charge is -2.14. The van der Waals surface area contributed by atoms with E-state index in [9.17, 15) is 9.90 Å². The highest BCUT2D eigenvalue weighted by Gasteiger charge is 2.18. The summed E-state index contributed by atoms with van der Waals surface area (Å²) in [5.41, 5.74) is -0.160. The monoisotopic (exact) mass is 370 g/mol. The van der Waals surface area contributed by atoms with Gasteiger partial charge in [0.25, 0.3) is 5.56 Å². The SMILES string of the molecule is CC(C)(C)N=NCc1c(O)n(-c2ccc(Cl)cn2)c(=O)c2ccccc12. The summed E-state index contributed by atoms with van der Waals surface area (Å²) in [6.07, 6.45) is 1.43. The van der Waals surface area contributed by atoms with Crippen LogP contribution < -0.4 is 5.56 Å². The lowest BCUT2D eigenvalue weighted by atomic mass is 10.1. The van der Waals surface area contributed by atoms with Gasteiger partial charge in [-0.2, -0.15) is 10.2 Å². The summed E-state index contributed by atoms with van der Waals surface area (Å²) in [7, 11) is 0. The van der Waals surface area contributed by atoms with Gasteiger partial charge in [0.15, 0.2) is 0 Å². The number of fused-ring (bicyclic) bond motifs is 1. The maximum absolute atomic E-state index is 12.9. The Bertz CT molecular complexity index is 1030.